The van der Waals surface area contributed by atoms with E-state index < -0.39 is 0 Å². The maximum absolute atomic E-state index is 12.2. The van der Waals surface area contributed by atoms with Crippen LogP contribution >= 0.6 is 23.2 Å². The van der Waals surface area contributed by atoms with Crippen LogP contribution in [0.25, 0.3) is 0 Å². The van der Waals surface area contributed by atoms with Crippen LogP contribution in [-0.2, 0) is 6.42 Å². The predicted molar refractivity (Wildman–Crippen MR) is 101 cm³/mol. The number of benzene rings is 2. The Morgan fingerprint density at radius 1 is 1.04 bits per heavy atom. The van der Waals surface area contributed by atoms with E-state index >= 15 is 0 Å². The summed E-state index contributed by atoms with van der Waals surface area (Å²) in [7, 11) is 0. The number of amides is 1. The van der Waals surface area contributed by atoms with E-state index in [1.165, 1.54) is 0 Å². The number of hydrogen-bond acceptors (Lipinski definition) is 3. The van der Waals surface area contributed by atoms with Crippen molar-refractivity contribution in [2.75, 3.05) is 19.8 Å². The van der Waals surface area contributed by atoms with Crippen LogP contribution in [0.15, 0.2) is 36.4 Å². The lowest BCUT2D eigenvalue weighted by atomic mass is 10.1. The van der Waals surface area contributed by atoms with Crippen LogP contribution < -0.4 is 14.8 Å². The average Bonchev–Trinajstić information content (AvgIpc) is 2.60. The topological polar surface area (TPSA) is 47.6 Å². The molecular weight excluding hydrogens is 361 g/mol. The molecule has 0 heterocycles. The minimum atomic E-state index is -0.247. The fraction of sp³-hybridized carbons (Fsp3) is 0.316. The van der Waals surface area contributed by atoms with Crippen molar-refractivity contribution in [1.82, 2.24) is 5.32 Å². The van der Waals surface area contributed by atoms with Crippen LogP contribution in [0.1, 0.15) is 29.8 Å². The van der Waals surface area contributed by atoms with E-state index in [2.05, 4.69) is 5.32 Å². The third-order valence-corrected chi connectivity index (χ3v) is 4.32. The molecule has 2 aromatic rings. The minimum absolute atomic E-state index is 0.247. The summed E-state index contributed by atoms with van der Waals surface area (Å²) >= 11 is 12.0. The highest BCUT2D eigenvalue weighted by atomic mass is 35.5. The molecule has 25 heavy (non-hydrogen) atoms. The van der Waals surface area contributed by atoms with Crippen LogP contribution in [-0.4, -0.2) is 25.7 Å². The number of nitrogens with one attached hydrogen (secondary N) is 1. The van der Waals surface area contributed by atoms with Gasteiger partial charge in [-0.3, -0.25) is 4.79 Å². The molecule has 0 atom stereocenters. The van der Waals surface area contributed by atoms with Crippen molar-refractivity contribution in [3.63, 3.8) is 0 Å². The zero-order valence-electron chi connectivity index (χ0n) is 14.3. The van der Waals surface area contributed by atoms with Crippen molar-refractivity contribution in [3.8, 4) is 11.5 Å². The molecule has 4 nitrogen and oxygen atoms in total. The molecule has 0 aromatic heterocycles. The second-order valence-corrected chi connectivity index (χ2v) is 6.04. The molecule has 0 aliphatic heterocycles. The highest BCUT2D eigenvalue weighted by Gasteiger charge is 2.12. The van der Waals surface area contributed by atoms with Crippen LogP contribution in [0, 0.1) is 0 Å². The molecule has 6 heteroatoms. The molecule has 0 unspecified atom stereocenters. The summed E-state index contributed by atoms with van der Waals surface area (Å²) in [5.74, 6) is 1.19. The summed E-state index contributed by atoms with van der Waals surface area (Å²) in [5.41, 5.74) is 1.42. The average molecular weight is 382 g/mol. The molecule has 0 aliphatic carbocycles. The standard InChI is InChI=1S/C19H21Cl2NO3/c1-3-24-16-9-8-13(12-17(16)25-4-2)10-11-22-19(23)14-6-5-7-15(20)18(14)21/h5-9,12H,3-4,10-11H2,1-2H3,(H,22,23). The van der Waals surface area contributed by atoms with E-state index in [1.807, 2.05) is 32.0 Å². The first-order chi connectivity index (χ1) is 12.1. The maximum atomic E-state index is 12.2. The number of rotatable bonds is 8. The Morgan fingerprint density at radius 2 is 1.76 bits per heavy atom. The molecule has 134 valence electrons. The summed E-state index contributed by atoms with van der Waals surface area (Å²) in [6.07, 6.45) is 0.663. The molecule has 1 amide bonds. The Labute approximate surface area is 158 Å². The third kappa shape index (κ3) is 5.28. The molecule has 0 bridgehead atoms. The largest absolute Gasteiger partial charge is 0.490 e. The van der Waals surface area contributed by atoms with Crippen molar-refractivity contribution in [2.24, 2.45) is 0 Å². The second kappa shape index (κ2) is 9.54. The normalized spacial score (nSPS) is 10.4. The first-order valence-corrected chi connectivity index (χ1v) is 8.93. The number of ether oxygens (including phenoxy) is 2. The molecule has 1 N–H and O–H groups in total. The molecule has 2 rings (SSSR count). The molecule has 0 radical (unpaired) electrons. The quantitative estimate of drug-likeness (QED) is 0.716. The third-order valence-electron chi connectivity index (χ3n) is 3.50. The van der Waals surface area contributed by atoms with Gasteiger partial charge in [0.15, 0.2) is 11.5 Å². The van der Waals surface area contributed by atoms with E-state index in [1.54, 1.807) is 18.2 Å². The highest BCUT2D eigenvalue weighted by Crippen LogP contribution is 2.29. The monoisotopic (exact) mass is 381 g/mol. The van der Waals surface area contributed by atoms with E-state index in [0.717, 1.165) is 11.3 Å². The Morgan fingerprint density at radius 3 is 2.48 bits per heavy atom. The van der Waals surface area contributed by atoms with Crippen molar-refractivity contribution in [2.45, 2.75) is 20.3 Å². The lowest BCUT2D eigenvalue weighted by molar-refractivity contribution is 0.0954. The highest BCUT2D eigenvalue weighted by molar-refractivity contribution is 6.43. The van der Waals surface area contributed by atoms with E-state index in [4.69, 9.17) is 32.7 Å². The van der Waals surface area contributed by atoms with Gasteiger partial charge in [-0.2, -0.15) is 0 Å². The van der Waals surface area contributed by atoms with E-state index in [-0.39, 0.29) is 10.9 Å². The molecule has 0 spiro atoms. The Hall–Kier alpha value is -1.91. The zero-order valence-corrected chi connectivity index (χ0v) is 15.8. The second-order valence-electron chi connectivity index (χ2n) is 5.25. The molecule has 0 saturated heterocycles. The Bertz CT molecular complexity index is 735. The Balaban J connectivity index is 1.98. The molecule has 0 fully saturated rings. The molecule has 2 aromatic carbocycles. The van der Waals surface area contributed by atoms with Gasteiger partial charge < -0.3 is 14.8 Å². The van der Waals surface area contributed by atoms with E-state index in [9.17, 15) is 4.79 Å². The fourth-order valence-corrected chi connectivity index (χ4v) is 2.73. The van der Waals surface area contributed by atoms with Gasteiger partial charge in [0.2, 0.25) is 0 Å². The number of carbonyl (C=O) groups excluding carboxylic acids is 1. The van der Waals surface area contributed by atoms with Gasteiger partial charge in [0.1, 0.15) is 0 Å². The summed E-state index contributed by atoms with van der Waals surface area (Å²) in [5, 5.41) is 3.48. The van der Waals surface area contributed by atoms with Gasteiger partial charge in [-0.15, -0.1) is 0 Å². The van der Waals surface area contributed by atoms with Gasteiger partial charge in [0.05, 0.1) is 28.8 Å². The van der Waals surface area contributed by atoms with Gasteiger partial charge in [0, 0.05) is 6.54 Å². The smallest absolute Gasteiger partial charge is 0.252 e. The van der Waals surface area contributed by atoms with E-state index in [0.29, 0.717) is 42.5 Å². The predicted octanol–water partition coefficient (Wildman–Crippen LogP) is 4.76. The zero-order chi connectivity index (χ0) is 18.2. The van der Waals surface area contributed by atoms with Crippen LogP contribution in [0.5, 0.6) is 11.5 Å². The first kappa shape index (κ1) is 19.4. The lowest BCUT2D eigenvalue weighted by Crippen LogP contribution is -2.26. The summed E-state index contributed by atoms with van der Waals surface area (Å²) in [4.78, 5) is 12.2. The molecule has 0 saturated carbocycles. The summed E-state index contributed by atoms with van der Waals surface area (Å²) < 4.78 is 11.2. The van der Waals surface area contributed by atoms with Gasteiger partial charge in [0.25, 0.3) is 5.91 Å². The van der Waals surface area contributed by atoms with Crippen LogP contribution in [0.2, 0.25) is 10.0 Å². The summed E-state index contributed by atoms with van der Waals surface area (Å²) in [6.45, 7) is 5.47. The first-order valence-electron chi connectivity index (χ1n) is 8.17. The van der Waals surface area contributed by atoms with Gasteiger partial charge in [-0.25, -0.2) is 0 Å². The van der Waals surface area contributed by atoms with Gasteiger partial charge >= 0.3 is 0 Å². The molecule has 0 aliphatic rings. The number of halogens is 2. The van der Waals surface area contributed by atoms with Crippen LogP contribution in [0.3, 0.4) is 0 Å². The van der Waals surface area contributed by atoms with Crippen LogP contribution in [0.4, 0.5) is 0 Å². The van der Waals surface area contributed by atoms with Crippen molar-refractivity contribution in [1.29, 1.82) is 0 Å². The van der Waals surface area contributed by atoms with Crippen molar-refractivity contribution >= 4 is 29.1 Å². The SMILES string of the molecule is CCOc1ccc(CCNC(=O)c2cccc(Cl)c2Cl)cc1OCC. The van der Waals surface area contributed by atoms with Crippen molar-refractivity contribution < 1.29 is 14.3 Å². The fourth-order valence-electron chi connectivity index (χ4n) is 2.35. The summed E-state index contributed by atoms with van der Waals surface area (Å²) in [6, 6.07) is 10.8. The van der Waals surface area contributed by atoms with Gasteiger partial charge in [-0.1, -0.05) is 35.3 Å². The number of hydrogen-bond donors (Lipinski definition) is 1. The number of carbonyl (C=O) groups is 1. The van der Waals surface area contributed by atoms with Gasteiger partial charge in [-0.05, 0) is 50.1 Å². The Kier molecular flexibility index (Phi) is 7.41. The molecular formula is C19H21Cl2NO3. The van der Waals surface area contributed by atoms with Crippen molar-refractivity contribution in [3.05, 3.63) is 57.6 Å². The minimum Gasteiger partial charge on any atom is -0.490 e. The lowest BCUT2D eigenvalue weighted by Gasteiger charge is -2.13. The maximum Gasteiger partial charge on any atom is 0.252 e.